The Labute approximate surface area is 142 Å². The lowest BCUT2D eigenvalue weighted by atomic mass is 9.79. The van der Waals surface area contributed by atoms with Gasteiger partial charge in [-0.1, -0.05) is 6.42 Å². The second kappa shape index (κ2) is 6.42. The molecule has 24 heavy (non-hydrogen) atoms. The first-order valence-corrected chi connectivity index (χ1v) is 8.71. The number of hydrogen-bond acceptors (Lipinski definition) is 4. The zero-order valence-corrected chi connectivity index (χ0v) is 14.7. The van der Waals surface area contributed by atoms with E-state index >= 15 is 0 Å². The van der Waals surface area contributed by atoms with Crippen LogP contribution in [0, 0.1) is 19.3 Å². The summed E-state index contributed by atoms with van der Waals surface area (Å²) in [4.78, 5) is 12.6. The van der Waals surface area contributed by atoms with Gasteiger partial charge < -0.3 is 10.1 Å². The maximum atomic E-state index is 12.6. The monoisotopic (exact) mass is 330 g/mol. The molecule has 1 amide bonds. The van der Waals surface area contributed by atoms with Crippen LogP contribution in [-0.4, -0.2) is 33.7 Å². The van der Waals surface area contributed by atoms with Crippen LogP contribution < -0.4 is 5.32 Å². The molecule has 6 nitrogen and oxygen atoms in total. The third-order valence-corrected chi connectivity index (χ3v) is 5.18. The van der Waals surface area contributed by atoms with Crippen molar-refractivity contribution in [3.63, 3.8) is 0 Å². The number of nitrogens with zero attached hydrogens (tertiary/aromatic N) is 2. The third kappa shape index (κ3) is 2.97. The summed E-state index contributed by atoms with van der Waals surface area (Å²) in [7, 11) is 0. The van der Waals surface area contributed by atoms with Gasteiger partial charge in [-0.2, -0.15) is 5.10 Å². The molecule has 0 aromatic carbocycles. The van der Waals surface area contributed by atoms with E-state index in [1.165, 1.54) is 6.42 Å². The maximum Gasteiger partial charge on any atom is 0.256 e. The zero-order chi connectivity index (χ0) is 17.3. The highest BCUT2D eigenvalue weighted by atomic mass is 16.5. The van der Waals surface area contributed by atoms with Crippen LogP contribution in [0.3, 0.4) is 0 Å². The fourth-order valence-corrected chi connectivity index (χ4v) is 3.86. The molecule has 1 aliphatic carbocycles. The van der Waals surface area contributed by atoms with Crippen molar-refractivity contribution < 1.29 is 9.53 Å². The molecule has 6 heteroatoms. The Morgan fingerprint density at radius 3 is 2.67 bits per heavy atom. The van der Waals surface area contributed by atoms with E-state index in [1.54, 1.807) is 0 Å². The van der Waals surface area contributed by atoms with Gasteiger partial charge in [0.15, 0.2) is 0 Å². The number of hydrogen-bond donors (Lipinski definition) is 2. The summed E-state index contributed by atoms with van der Waals surface area (Å²) >= 11 is 0. The quantitative estimate of drug-likeness (QED) is 0.890. The molecule has 2 heterocycles. The van der Waals surface area contributed by atoms with Crippen molar-refractivity contribution in [2.75, 3.05) is 6.54 Å². The van der Waals surface area contributed by atoms with E-state index in [0.717, 1.165) is 42.6 Å². The standard InChI is InChI=1S/C18H26N4O2/c1-12-11-13(2)22(21-12)10-9-20-17(23)15-14(3)18(24-16(15)19)7-5-4-6-8-18/h11,19H,4-10H2,1-3H3,(H,20,23). The normalized spacial score (nSPS) is 19.7. The average molecular weight is 330 g/mol. The molecule has 0 atom stereocenters. The van der Waals surface area contributed by atoms with Gasteiger partial charge in [0, 0.05) is 12.2 Å². The van der Waals surface area contributed by atoms with Crippen LogP contribution in [-0.2, 0) is 16.1 Å². The Morgan fingerprint density at radius 1 is 1.33 bits per heavy atom. The molecule has 130 valence electrons. The van der Waals surface area contributed by atoms with Crippen molar-refractivity contribution in [1.29, 1.82) is 5.41 Å². The minimum absolute atomic E-state index is 0.0259. The zero-order valence-electron chi connectivity index (χ0n) is 14.7. The molecule has 3 rings (SSSR count). The first-order chi connectivity index (χ1) is 11.4. The maximum absolute atomic E-state index is 12.6. The number of carbonyl (C=O) groups is 1. The van der Waals surface area contributed by atoms with Crippen LogP contribution >= 0.6 is 0 Å². The Hall–Kier alpha value is -2.11. The van der Waals surface area contributed by atoms with E-state index in [0.29, 0.717) is 18.7 Å². The molecule has 0 bridgehead atoms. The highest BCUT2D eigenvalue weighted by Gasteiger charge is 2.46. The van der Waals surface area contributed by atoms with Gasteiger partial charge >= 0.3 is 0 Å². The number of carbonyl (C=O) groups excluding carboxylic acids is 1. The van der Waals surface area contributed by atoms with Crippen molar-refractivity contribution in [1.82, 2.24) is 15.1 Å². The van der Waals surface area contributed by atoms with Gasteiger partial charge in [0.1, 0.15) is 11.2 Å². The largest absolute Gasteiger partial charge is 0.466 e. The van der Waals surface area contributed by atoms with Gasteiger partial charge in [-0.3, -0.25) is 14.9 Å². The predicted molar refractivity (Wildman–Crippen MR) is 92.0 cm³/mol. The van der Waals surface area contributed by atoms with Gasteiger partial charge in [0.05, 0.1) is 12.2 Å². The fourth-order valence-electron chi connectivity index (χ4n) is 3.86. The average Bonchev–Trinajstić information content (AvgIpc) is 2.97. The molecule has 1 aliphatic heterocycles. The number of ether oxygens (including phenoxy) is 1. The van der Waals surface area contributed by atoms with E-state index in [9.17, 15) is 4.79 Å². The Balaban J connectivity index is 1.65. The number of nitrogens with one attached hydrogen (secondary N) is 2. The van der Waals surface area contributed by atoms with Crippen molar-refractivity contribution in [2.45, 2.75) is 65.0 Å². The molecule has 0 radical (unpaired) electrons. The van der Waals surface area contributed by atoms with Crippen LogP contribution in [0.5, 0.6) is 0 Å². The first-order valence-electron chi connectivity index (χ1n) is 8.71. The summed E-state index contributed by atoms with van der Waals surface area (Å²) in [6, 6.07) is 2.02. The molecular formula is C18H26N4O2. The Bertz CT molecular complexity index is 696. The van der Waals surface area contributed by atoms with Crippen molar-refractivity contribution in [3.8, 4) is 0 Å². The van der Waals surface area contributed by atoms with Crippen molar-refractivity contribution in [2.24, 2.45) is 0 Å². The van der Waals surface area contributed by atoms with Crippen molar-refractivity contribution >= 4 is 11.8 Å². The van der Waals surface area contributed by atoms with E-state index in [2.05, 4.69) is 10.4 Å². The van der Waals surface area contributed by atoms with Crippen LogP contribution in [0.25, 0.3) is 0 Å². The van der Waals surface area contributed by atoms with Crippen molar-refractivity contribution in [3.05, 3.63) is 28.6 Å². The molecule has 1 aromatic heterocycles. The van der Waals surface area contributed by atoms with Gasteiger partial charge in [-0.15, -0.1) is 0 Å². The highest BCUT2D eigenvalue weighted by molar-refractivity contribution is 6.19. The number of rotatable bonds is 4. The molecule has 0 saturated heterocycles. The second-order valence-electron chi connectivity index (χ2n) is 6.89. The highest BCUT2D eigenvalue weighted by Crippen LogP contribution is 2.43. The summed E-state index contributed by atoms with van der Waals surface area (Å²) in [5.41, 5.74) is 3.00. The summed E-state index contributed by atoms with van der Waals surface area (Å²) in [5.74, 6) is -0.181. The smallest absolute Gasteiger partial charge is 0.256 e. The van der Waals surface area contributed by atoms with E-state index in [1.807, 2.05) is 31.5 Å². The summed E-state index contributed by atoms with van der Waals surface area (Å²) < 4.78 is 7.74. The topological polar surface area (TPSA) is 80.0 Å². The number of amides is 1. The lowest BCUT2D eigenvalue weighted by Crippen LogP contribution is -2.33. The predicted octanol–water partition coefficient (Wildman–Crippen LogP) is 2.64. The van der Waals surface area contributed by atoms with E-state index in [4.69, 9.17) is 10.1 Å². The molecule has 0 unspecified atom stereocenters. The van der Waals surface area contributed by atoms with Crippen LogP contribution in [0.2, 0.25) is 0 Å². The summed E-state index contributed by atoms with van der Waals surface area (Å²) in [6.45, 7) is 7.01. The SMILES string of the molecule is CC1=C(C(=O)NCCn2nc(C)cc2C)C(=N)OC12CCCCC2. The molecule has 2 N–H and O–H groups in total. The fraction of sp³-hybridized carbons (Fsp3) is 0.611. The lowest BCUT2D eigenvalue weighted by molar-refractivity contribution is -0.117. The molecule has 1 aromatic rings. The summed E-state index contributed by atoms with van der Waals surface area (Å²) in [5, 5.41) is 15.4. The Kier molecular flexibility index (Phi) is 4.47. The van der Waals surface area contributed by atoms with E-state index < -0.39 is 5.60 Å². The minimum Gasteiger partial charge on any atom is -0.466 e. The number of aryl methyl sites for hydroxylation is 2. The van der Waals surface area contributed by atoms with Gasteiger partial charge in [0.2, 0.25) is 5.90 Å². The molecule has 1 spiro atoms. The van der Waals surface area contributed by atoms with Gasteiger partial charge in [-0.25, -0.2) is 0 Å². The van der Waals surface area contributed by atoms with Gasteiger partial charge in [-0.05, 0) is 58.1 Å². The molecule has 1 saturated carbocycles. The number of aromatic nitrogens is 2. The lowest BCUT2D eigenvalue weighted by Gasteiger charge is -2.33. The minimum atomic E-state index is -0.405. The van der Waals surface area contributed by atoms with Gasteiger partial charge in [0.25, 0.3) is 5.91 Å². The molecule has 2 aliphatic rings. The van der Waals surface area contributed by atoms with E-state index in [-0.39, 0.29) is 11.8 Å². The third-order valence-electron chi connectivity index (χ3n) is 5.18. The molecular weight excluding hydrogens is 304 g/mol. The van der Waals surface area contributed by atoms with Crippen LogP contribution in [0.4, 0.5) is 0 Å². The first kappa shape index (κ1) is 16.7. The second-order valence-corrected chi connectivity index (χ2v) is 6.89. The van der Waals surface area contributed by atoms with Crippen LogP contribution in [0.1, 0.15) is 50.4 Å². The Morgan fingerprint density at radius 2 is 2.04 bits per heavy atom. The van der Waals surface area contributed by atoms with Crippen LogP contribution in [0.15, 0.2) is 17.2 Å². The molecule has 1 fully saturated rings. The summed E-state index contributed by atoms with van der Waals surface area (Å²) in [6.07, 6.45) is 5.21.